The van der Waals surface area contributed by atoms with Crippen LogP contribution in [0.3, 0.4) is 0 Å². The predicted octanol–water partition coefficient (Wildman–Crippen LogP) is 3.04. The number of aliphatic imine (C=N–C) groups is 1. The van der Waals surface area contributed by atoms with Crippen molar-refractivity contribution in [2.24, 2.45) is 4.99 Å². The Balaban J connectivity index is 1.45. The molecular weight excluding hydrogens is 343 g/mol. The maximum Gasteiger partial charge on any atom is 0.191 e. The minimum atomic E-state index is -0.225. The fourth-order valence-electron chi connectivity index (χ4n) is 4.26. The van der Waals surface area contributed by atoms with Gasteiger partial charge >= 0.3 is 0 Å². The van der Waals surface area contributed by atoms with E-state index >= 15 is 0 Å². The molecule has 2 N–H and O–H groups in total. The Morgan fingerprint density at radius 2 is 1.96 bits per heavy atom. The topological polar surface area (TPSA) is 48.9 Å². The van der Waals surface area contributed by atoms with Gasteiger partial charge in [0, 0.05) is 51.4 Å². The fourth-order valence-corrected chi connectivity index (χ4v) is 4.26. The normalized spacial score (nSPS) is 20.2. The molecule has 1 aromatic carbocycles. The Morgan fingerprint density at radius 1 is 1.22 bits per heavy atom. The molecular formula is C21H33FN4O. The molecule has 6 heteroatoms. The van der Waals surface area contributed by atoms with E-state index < -0.39 is 0 Å². The zero-order valence-electron chi connectivity index (χ0n) is 16.6. The molecule has 0 spiro atoms. The highest BCUT2D eigenvalue weighted by atomic mass is 19.1. The summed E-state index contributed by atoms with van der Waals surface area (Å²) in [6.07, 6.45) is 7.87. The van der Waals surface area contributed by atoms with Crippen LogP contribution in [0.15, 0.2) is 23.2 Å². The number of benzene rings is 1. The van der Waals surface area contributed by atoms with Crippen LogP contribution < -0.4 is 10.6 Å². The summed E-state index contributed by atoms with van der Waals surface area (Å²) in [6, 6.07) is 6.43. The molecule has 0 amide bonds. The zero-order valence-corrected chi connectivity index (χ0v) is 16.6. The van der Waals surface area contributed by atoms with Gasteiger partial charge in [0.05, 0.1) is 6.61 Å². The lowest BCUT2D eigenvalue weighted by atomic mass is 10.0. The van der Waals surface area contributed by atoms with Crippen LogP contribution in [0.5, 0.6) is 0 Å². The summed E-state index contributed by atoms with van der Waals surface area (Å²) in [5.41, 5.74) is 1.60. The molecule has 27 heavy (non-hydrogen) atoms. The monoisotopic (exact) mass is 376 g/mol. The molecule has 0 atom stereocenters. The van der Waals surface area contributed by atoms with Crippen LogP contribution in [-0.2, 0) is 17.9 Å². The SMILES string of the molecule is CN=C(NCc1ccc(F)c(COC)c1)NC1CCN(C2CCCC2)CC1. The Morgan fingerprint density at radius 3 is 2.63 bits per heavy atom. The molecule has 2 fully saturated rings. The number of rotatable bonds is 6. The Kier molecular flexibility index (Phi) is 7.47. The summed E-state index contributed by atoms with van der Waals surface area (Å²) >= 11 is 0. The van der Waals surface area contributed by atoms with Gasteiger partial charge in [-0.2, -0.15) is 0 Å². The van der Waals surface area contributed by atoms with Crippen LogP contribution in [0.2, 0.25) is 0 Å². The molecule has 0 radical (unpaired) electrons. The van der Waals surface area contributed by atoms with E-state index in [0.29, 0.717) is 18.2 Å². The molecule has 1 aromatic rings. The standard InChI is InChI=1S/C21H33FN4O/c1-23-21(24-14-16-7-8-20(22)17(13-16)15-27-2)25-18-9-11-26(12-10-18)19-5-3-4-6-19/h7-8,13,18-19H,3-6,9-12,14-15H2,1-2H3,(H2,23,24,25). The van der Waals surface area contributed by atoms with E-state index in [1.807, 2.05) is 6.07 Å². The van der Waals surface area contributed by atoms with E-state index in [1.165, 1.54) is 44.8 Å². The van der Waals surface area contributed by atoms with Gasteiger partial charge < -0.3 is 20.3 Å². The largest absolute Gasteiger partial charge is 0.380 e. The Bertz CT molecular complexity index is 623. The number of methoxy groups -OCH3 is 1. The number of hydrogen-bond donors (Lipinski definition) is 2. The quantitative estimate of drug-likeness (QED) is 0.592. The van der Waals surface area contributed by atoms with E-state index in [9.17, 15) is 4.39 Å². The van der Waals surface area contributed by atoms with E-state index in [0.717, 1.165) is 30.4 Å². The van der Waals surface area contributed by atoms with E-state index in [-0.39, 0.29) is 12.4 Å². The lowest BCUT2D eigenvalue weighted by Gasteiger charge is -2.36. The molecule has 0 bridgehead atoms. The van der Waals surface area contributed by atoms with Crippen molar-refractivity contribution in [3.8, 4) is 0 Å². The molecule has 2 aliphatic rings. The maximum absolute atomic E-state index is 13.7. The van der Waals surface area contributed by atoms with Gasteiger partial charge in [0.2, 0.25) is 0 Å². The van der Waals surface area contributed by atoms with Gasteiger partial charge in [-0.05, 0) is 43.4 Å². The predicted molar refractivity (Wildman–Crippen MR) is 107 cm³/mol. The maximum atomic E-state index is 13.7. The van der Waals surface area contributed by atoms with Crippen LogP contribution in [0.1, 0.15) is 49.7 Å². The van der Waals surface area contributed by atoms with Crippen LogP contribution in [0.4, 0.5) is 4.39 Å². The first-order valence-electron chi connectivity index (χ1n) is 10.2. The number of hydrogen-bond acceptors (Lipinski definition) is 3. The van der Waals surface area contributed by atoms with Crippen molar-refractivity contribution < 1.29 is 9.13 Å². The van der Waals surface area contributed by atoms with Gasteiger partial charge in [-0.25, -0.2) is 4.39 Å². The van der Waals surface area contributed by atoms with Gasteiger partial charge in [-0.15, -0.1) is 0 Å². The van der Waals surface area contributed by atoms with E-state index in [4.69, 9.17) is 4.74 Å². The summed E-state index contributed by atoms with van der Waals surface area (Å²) in [5.74, 6) is 0.587. The minimum absolute atomic E-state index is 0.225. The highest BCUT2D eigenvalue weighted by Gasteiger charge is 2.27. The van der Waals surface area contributed by atoms with E-state index in [2.05, 4.69) is 20.5 Å². The van der Waals surface area contributed by atoms with Crippen molar-refractivity contribution >= 4 is 5.96 Å². The second-order valence-corrected chi connectivity index (χ2v) is 7.68. The first-order chi connectivity index (χ1) is 13.2. The third-order valence-corrected chi connectivity index (χ3v) is 5.81. The van der Waals surface area contributed by atoms with Crippen molar-refractivity contribution in [3.63, 3.8) is 0 Å². The summed E-state index contributed by atoms with van der Waals surface area (Å²) in [6.45, 7) is 3.25. The molecule has 0 unspecified atom stereocenters. The van der Waals surface area contributed by atoms with Crippen molar-refractivity contribution in [2.75, 3.05) is 27.2 Å². The smallest absolute Gasteiger partial charge is 0.191 e. The summed E-state index contributed by atoms with van der Waals surface area (Å²) in [7, 11) is 3.37. The third-order valence-electron chi connectivity index (χ3n) is 5.81. The lowest BCUT2D eigenvalue weighted by molar-refractivity contribution is 0.150. The number of nitrogens with one attached hydrogen (secondary N) is 2. The van der Waals surface area contributed by atoms with Gasteiger partial charge in [0.25, 0.3) is 0 Å². The molecule has 0 aromatic heterocycles. The van der Waals surface area contributed by atoms with Crippen molar-refractivity contribution in [1.29, 1.82) is 0 Å². The van der Waals surface area contributed by atoms with Gasteiger partial charge in [0.1, 0.15) is 5.82 Å². The average Bonchev–Trinajstić information content (AvgIpc) is 3.23. The Labute approximate surface area is 162 Å². The van der Waals surface area contributed by atoms with Crippen LogP contribution >= 0.6 is 0 Å². The average molecular weight is 377 g/mol. The van der Waals surface area contributed by atoms with Crippen molar-refractivity contribution in [1.82, 2.24) is 15.5 Å². The number of likely N-dealkylation sites (tertiary alicyclic amines) is 1. The second-order valence-electron chi connectivity index (χ2n) is 7.68. The summed E-state index contributed by atoms with van der Waals surface area (Å²) < 4.78 is 18.8. The zero-order chi connectivity index (χ0) is 19.1. The van der Waals surface area contributed by atoms with Gasteiger partial charge in [-0.3, -0.25) is 4.99 Å². The first-order valence-corrected chi connectivity index (χ1v) is 10.2. The van der Waals surface area contributed by atoms with E-state index in [1.54, 1.807) is 20.2 Å². The summed E-state index contributed by atoms with van der Waals surface area (Å²) in [4.78, 5) is 7.03. The molecule has 1 aliphatic carbocycles. The molecule has 1 saturated heterocycles. The molecule has 5 nitrogen and oxygen atoms in total. The third kappa shape index (κ3) is 5.66. The summed E-state index contributed by atoms with van der Waals surface area (Å²) in [5, 5.41) is 6.90. The van der Waals surface area contributed by atoms with Crippen LogP contribution in [-0.4, -0.2) is 50.2 Å². The molecule has 150 valence electrons. The molecule has 1 heterocycles. The second kappa shape index (κ2) is 10.0. The highest BCUT2D eigenvalue weighted by molar-refractivity contribution is 5.79. The highest BCUT2D eigenvalue weighted by Crippen LogP contribution is 2.26. The number of nitrogens with zero attached hydrogens (tertiary/aromatic N) is 2. The minimum Gasteiger partial charge on any atom is -0.380 e. The Hall–Kier alpha value is -1.66. The molecule has 1 aliphatic heterocycles. The number of piperidine rings is 1. The van der Waals surface area contributed by atoms with Crippen LogP contribution in [0, 0.1) is 5.82 Å². The lowest BCUT2D eigenvalue weighted by Crippen LogP contribution is -2.50. The first kappa shape index (κ1) is 20.1. The van der Waals surface area contributed by atoms with Crippen LogP contribution in [0.25, 0.3) is 0 Å². The number of guanidine groups is 1. The number of halogens is 1. The van der Waals surface area contributed by atoms with Crippen molar-refractivity contribution in [2.45, 2.75) is 63.8 Å². The van der Waals surface area contributed by atoms with Gasteiger partial charge in [0.15, 0.2) is 5.96 Å². The molecule has 3 rings (SSSR count). The van der Waals surface area contributed by atoms with Crippen molar-refractivity contribution in [3.05, 3.63) is 35.1 Å². The number of ether oxygens (including phenoxy) is 1. The fraction of sp³-hybridized carbons (Fsp3) is 0.667. The van der Waals surface area contributed by atoms with Gasteiger partial charge in [-0.1, -0.05) is 18.9 Å². The molecule has 1 saturated carbocycles.